The van der Waals surface area contributed by atoms with Gasteiger partial charge in [0.25, 0.3) is 0 Å². The van der Waals surface area contributed by atoms with Crippen molar-refractivity contribution in [3.8, 4) is 0 Å². The van der Waals surface area contributed by atoms with Crippen LogP contribution in [-0.2, 0) is 9.53 Å². The Kier molecular flexibility index (Phi) is 5.55. The molecule has 0 unspecified atom stereocenters. The van der Waals surface area contributed by atoms with Gasteiger partial charge < -0.3 is 15.0 Å². The molecule has 0 radical (unpaired) electrons. The molecule has 0 aliphatic carbocycles. The summed E-state index contributed by atoms with van der Waals surface area (Å²) in [4.78, 5) is 14.6. The van der Waals surface area contributed by atoms with E-state index < -0.39 is 0 Å². The number of nitrogens with zero attached hydrogens (tertiary/aromatic N) is 1. The number of nitrogens with one attached hydrogen (secondary N) is 1. The molecule has 0 aromatic heterocycles. The second-order valence-corrected chi connectivity index (χ2v) is 7.02. The first kappa shape index (κ1) is 16.3. The van der Waals surface area contributed by atoms with Crippen molar-refractivity contribution in [2.75, 3.05) is 36.5 Å². The highest BCUT2D eigenvalue weighted by molar-refractivity contribution is 5.91. The summed E-state index contributed by atoms with van der Waals surface area (Å²) in [5, 5.41) is 3.03. The highest BCUT2D eigenvalue weighted by Crippen LogP contribution is 2.25. The molecule has 0 bridgehead atoms. The summed E-state index contributed by atoms with van der Waals surface area (Å²) in [5.74, 6) is 1.44. The van der Waals surface area contributed by atoms with Crippen molar-refractivity contribution in [3.63, 3.8) is 0 Å². The van der Waals surface area contributed by atoms with E-state index in [-0.39, 0.29) is 5.91 Å². The molecular weight excluding hydrogens is 288 g/mol. The fraction of sp³-hybridized carbons (Fsp3) is 0.632. The number of amides is 1. The largest absolute Gasteiger partial charge is 0.381 e. The molecule has 2 aliphatic rings. The van der Waals surface area contributed by atoms with Crippen LogP contribution in [0.3, 0.4) is 0 Å². The van der Waals surface area contributed by atoms with Crippen molar-refractivity contribution in [3.05, 3.63) is 24.3 Å². The minimum absolute atomic E-state index is 0.122. The van der Waals surface area contributed by atoms with Crippen molar-refractivity contribution in [1.29, 1.82) is 0 Å². The second kappa shape index (κ2) is 7.82. The Bertz CT molecular complexity index is 501. The molecule has 1 aromatic carbocycles. The number of hydrogen-bond acceptors (Lipinski definition) is 3. The summed E-state index contributed by atoms with van der Waals surface area (Å²) >= 11 is 0. The fourth-order valence-corrected chi connectivity index (χ4v) is 3.45. The van der Waals surface area contributed by atoms with Gasteiger partial charge in [-0.2, -0.15) is 0 Å². The zero-order valence-corrected chi connectivity index (χ0v) is 14.1. The predicted molar refractivity (Wildman–Crippen MR) is 93.8 cm³/mol. The molecule has 4 nitrogen and oxygen atoms in total. The van der Waals surface area contributed by atoms with Gasteiger partial charge in [-0.05, 0) is 61.8 Å². The van der Waals surface area contributed by atoms with Gasteiger partial charge in [-0.25, -0.2) is 0 Å². The van der Waals surface area contributed by atoms with Gasteiger partial charge in [-0.15, -0.1) is 0 Å². The summed E-state index contributed by atoms with van der Waals surface area (Å²) in [7, 11) is 0. The van der Waals surface area contributed by atoms with Crippen LogP contribution >= 0.6 is 0 Å². The van der Waals surface area contributed by atoms with Gasteiger partial charge in [0, 0.05) is 44.1 Å². The number of rotatable bonds is 4. The van der Waals surface area contributed by atoms with Crippen LogP contribution in [0, 0.1) is 11.8 Å². The van der Waals surface area contributed by atoms with E-state index in [0.29, 0.717) is 12.3 Å². The molecule has 2 aliphatic heterocycles. The molecule has 3 rings (SSSR count). The van der Waals surface area contributed by atoms with E-state index in [1.807, 2.05) is 12.1 Å². The van der Waals surface area contributed by atoms with E-state index in [2.05, 4.69) is 29.3 Å². The minimum atomic E-state index is 0.122. The number of ether oxygens (including phenoxy) is 1. The lowest BCUT2D eigenvalue weighted by Gasteiger charge is -2.32. The number of carbonyl (C=O) groups is 1. The summed E-state index contributed by atoms with van der Waals surface area (Å²) in [6, 6.07) is 8.30. The number of benzene rings is 1. The first-order chi connectivity index (χ1) is 11.2. The molecular formula is C19H28N2O2. The lowest BCUT2D eigenvalue weighted by Crippen LogP contribution is -2.32. The molecule has 126 valence electrons. The van der Waals surface area contributed by atoms with Gasteiger partial charge in [0.1, 0.15) is 0 Å². The van der Waals surface area contributed by atoms with Crippen LogP contribution in [-0.4, -0.2) is 32.2 Å². The molecule has 4 heteroatoms. The predicted octanol–water partition coefficient (Wildman–Crippen LogP) is 3.68. The quantitative estimate of drug-likeness (QED) is 0.921. The number of piperidine rings is 1. The Morgan fingerprint density at radius 3 is 2.43 bits per heavy atom. The van der Waals surface area contributed by atoms with Gasteiger partial charge >= 0.3 is 0 Å². The molecule has 0 saturated carbocycles. The zero-order valence-electron chi connectivity index (χ0n) is 14.1. The van der Waals surface area contributed by atoms with Crippen LogP contribution < -0.4 is 10.2 Å². The smallest absolute Gasteiger partial charge is 0.224 e. The third-order valence-corrected chi connectivity index (χ3v) is 5.11. The summed E-state index contributed by atoms with van der Waals surface area (Å²) < 4.78 is 5.34. The van der Waals surface area contributed by atoms with E-state index in [9.17, 15) is 4.79 Å². The molecule has 2 saturated heterocycles. The van der Waals surface area contributed by atoms with Crippen molar-refractivity contribution < 1.29 is 9.53 Å². The van der Waals surface area contributed by atoms with Gasteiger partial charge in [0.2, 0.25) is 5.91 Å². The number of carbonyl (C=O) groups excluding carboxylic acids is 1. The third kappa shape index (κ3) is 4.71. The Hall–Kier alpha value is -1.55. The average Bonchev–Trinajstić information content (AvgIpc) is 2.57. The molecule has 1 N–H and O–H groups in total. The Labute approximate surface area is 139 Å². The van der Waals surface area contributed by atoms with Crippen LogP contribution in [0.2, 0.25) is 0 Å². The molecule has 0 spiro atoms. The Morgan fingerprint density at radius 2 is 1.78 bits per heavy atom. The van der Waals surface area contributed by atoms with Crippen molar-refractivity contribution in [2.24, 2.45) is 11.8 Å². The molecule has 0 atom stereocenters. The third-order valence-electron chi connectivity index (χ3n) is 5.11. The Balaban J connectivity index is 1.49. The van der Waals surface area contributed by atoms with E-state index in [1.54, 1.807) is 0 Å². The maximum atomic E-state index is 12.1. The summed E-state index contributed by atoms with van der Waals surface area (Å²) in [6.07, 6.45) is 5.14. The highest BCUT2D eigenvalue weighted by atomic mass is 16.5. The van der Waals surface area contributed by atoms with E-state index in [1.165, 1.54) is 18.5 Å². The van der Waals surface area contributed by atoms with Crippen LogP contribution in [0.1, 0.15) is 39.0 Å². The first-order valence-corrected chi connectivity index (χ1v) is 8.93. The van der Waals surface area contributed by atoms with E-state index >= 15 is 0 Å². The maximum Gasteiger partial charge on any atom is 0.224 e. The van der Waals surface area contributed by atoms with Gasteiger partial charge in [0.15, 0.2) is 0 Å². The van der Waals surface area contributed by atoms with Crippen LogP contribution in [0.4, 0.5) is 11.4 Å². The van der Waals surface area contributed by atoms with Gasteiger partial charge in [-0.3, -0.25) is 4.79 Å². The van der Waals surface area contributed by atoms with E-state index in [4.69, 9.17) is 4.74 Å². The SMILES string of the molecule is CC1CCN(c2ccc(NC(=O)CC3CCOCC3)cc2)CC1. The van der Waals surface area contributed by atoms with Crippen LogP contribution in [0.15, 0.2) is 24.3 Å². The summed E-state index contributed by atoms with van der Waals surface area (Å²) in [6.45, 7) is 6.18. The molecule has 23 heavy (non-hydrogen) atoms. The number of hydrogen-bond donors (Lipinski definition) is 1. The monoisotopic (exact) mass is 316 g/mol. The lowest BCUT2D eigenvalue weighted by molar-refractivity contribution is -0.117. The standard InChI is InChI=1S/C19H28N2O2/c1-15-6-10-21(11-7-15)18-4-2-17(3-5-18)20-19(22)14-16-8-12-23-13-9-16/h2-5,15-16H,6-14H2,1H3,(H,20,22). The normalized spacial score (nSPS) is 20.5. The Morgan fingerprint density at radius 1 is 1.13 bits per heavy atom. The van der Waals surface area contributed by atoms with Crippen LogP contribution in [0.5, 0.6) is 0 Å². The summed E-state index contributed by atoms with van der Waals surface area (Å²) in [5.41, 5.74) is 2.16. The van der Waals surface area contributed by atoms with Gasteiger partial charge in [-0.1, -0.05) is 6.92 Å². The molecule has 1 amide bonds. The first-order valence-electron chi connectivity index (χ1n) is 8.93. The molecule has 2 fully saturated rings. The van der Waals surface area contributed by atoms with Crippen molar-refractivity contribution in [2.45, 2.75) is 39.0 Å². The zero-order chi connectivity index (χ0) is 16.1. The topological polar surface area (TPSA) is 41.6 Å². The second-order valence-electron chi connectivity index (χ2n) is 7.02. The fourth-order valence-electron chi connectivity index (χ4n) is 3.45. The minimum Gasteiger partial charge on any atom is -0.381 e. The lowest BCUT2D eigenvalue weighted by atomic mass is 9.96. The average molecular weight is 316 g/mol. The van der Waals surface area contributed by atoms with Gasteiger partial charge in [0.05, 0.1) is 0 Å². The van der Waals surface area contributed by atoms with Crippen molar-refractivity contribution in [1.82, 2.24) is 0 Å². The number of anilines is 2. The van der Waals surface area contributed by atoms with Crippen molar-refractivity contribution >= 4 is 17.3 Å². The molecule has 1 aromatic rings. The highest BCUT2D eigenvalue weighted by Gasteiger charge is 2.18. The van der Waals surface area contributed by atoms with E-state index in [0.717, 1.165) is 50.8 Å². The maximum absolute atomic E-state index is 12.1. The molecule has 2 heterocycles. The van der Waals surface area contributed by atoms with Crippen LogP contribution in [0.25, 0.3) is 0 Å².